The Hall–Kier alpha value is 0.400. The van der Waals surface area contributed by atoms with E-state index in [1.165, 1.54) is 0 Å². The Kier molecular flexibility index (Phi) is 2.56. The van der Waals surface area contributed by atoms with Gasteiger partial charge >= 0.3 is 53.4 Å². The second-order valence-electron chi connectivity index (χ2n) is 1.39. The summed E-state index contributed by atoms with van der Waals surface area (Å²) in [6.07, 6.45) is 0. The van der Waals surface area contributed by atoms with Crippen molar-refractivity contribution in [2.24, 2.45) is 0 Å². The fourth-order valence-electron chi connectivity index (χ4n) is 0.102. The van der Waals surface area contributed by atoms with E-state index in [0.717, 1.165) is 0 Å². The molecule has 0 atom stereocenters. The van der Waals surface area contributed by atoms with E-state index in [-0.39, 0.29) is 7.05 Å². The SMILES string of the molecule is CN(P(F)F)P(F)(F)(F)F. The first kappa shape index (κ1) is 10.4. The van der Waals surface area contributed by atoms with Gasteiger partial charge in [0.1, 0.15) is 0 Å². The number of halogens is 6. The third kappa shape index (κ3) is 2.99. The van der Waals surface area contributed by atoms with E-state index in [1.54, 1.807) is 0 Å². The molecule has 0 spiro atoms. The molecule has 9 heteroatoms. The van der Waals surface area contributed by atoms with Gasteiger partial charge in [0.15, 0.2) is 0 Å². The predicted octanol–water partition coefficient (Wildman–Crippen LogP) is 4.09. The second-order valence-corrected chi connectivity index (χ2v) is 4.71. The van der Waals surface area contributed by atoms with Gasteiger partial charge in [0, 0.05) is 0 Å². The Morgan fingerprint density at radius 1 is 1.10 bits per heavy atom. The van der Waals surface area contributed by atoms with Crippen molar-refractivity contribution in [3.63, 3.8) is 0 Å². The number of nitrogens with zero attached hydrogens (tertiary/aromatic N) is 1. The van der Waals surface area contributed by atoms with Crippen LogP contribution in [0.25, 0.3) is 0 Å². The van der Waals surface area contributed by atoms with Gasteiger partial charge < -0.3 is 0 Å². The third-order valence-corrected chi connectivity index (χ3v) is 3.19. The molecular weight excluding hydrogens is 202 g/mol. The number of rotatable bonds is 2. The molecule has 10 heavy (non-hydrogen) atoms. The van der Waals surface area contributed by atoms with Gasteiger partial charge in [0.2, 0.25) is 0 Å². The van der Waals surface area contributed by atoms with Crippen molar-refractivity contribution >= 4 is 16.7 Å². The third-order valence-electron chi connectivity index (χ3n) is 0.656. The minimum absolute atomic E-state index is 0.00350. The molecule has 0 aromatic rings. The Bertz CT molecular complexity index is 118. The zero-order chi connectivity index (χ0) is 8.60. The molecular formula is CH3F6NP2. The van der Waals surface area contributed by atoms with Gasteiger partial charge in [-0.25, -0.2) is 0 Å². The Labute approximate surface area is 54.5 Å². The van der Waals surface area contributed by atoms with Gasteiger partial charge in [-0.05, 0) is 0 Å². The van der Waals surface area contributed by atoms with Crippen LogP contribution in [0.3, 0.4) is 0 Å². The van der Waals surface area contributed by atoms with E-state index >= 15 is 0 Å². The van der Waals surface area contributed by atoms with Crippen LogP contribution in [-0.2, 0) is 0 Å². The topological polar surface area (TPSA) is 3.24 Å². The molecule has 64 valence electrons. The van der Waals surface area contributed by atoms with Crippen LogP contribution in [0.15, 0.2) is 0 Å². The summed E-state index contributed by atoms with van der Waals surface area (Å²) in [5, 5.41) is 0. The summed E-state index contributed by atoms with van der Waals surface area (Å²) in [7, 11) is -12.6. The summed E-state index contributed by atoms with van der Waals surface area (Å²) in [5.74, 6) is 0. The van der Waals surface area contributed by atoms with Crippen LogP contribution in [0.4, 0.5) is 25.2 Å². The van der Waals surface area contributed by atoms with E-state index in [9.17, 15) is 25.2 Å². The van der Waals surface area contributed by atoms with Gasteiger partial charge in [0.25, 0.3) is 0 Å². The second kappa shape index (κ2) is 2.47. The number of hydrogen-bond acceptors (Lipinski definition) is 1. The standard InChI is InChI=1S/CH3F6NP2/c1-8(9(2)3)10(4,5,6)7/h1H3. The maximum atomic E-state index is 11.3. The van der Waals surface area contributed by atoms with E-state index in [1.807, 2.05) is 0 Å². The van der Waals surface area contributed by atoms with E-state index in [4.69, 9.17) is 0 Å². The van der Waals surface area contributed by atoms with Crippen LogP contribution in [0, 0.1) is 0 Å². The van der Waals surface area contributed by atoms with Crippen LogP contribution in [0.1, 0.15) is 0 Å². The van der Waals surface area contributed by atoms with Gasteiger partial charge in [-0.1, -0.05) is 0 Å². The molecule has 0 fully saturated rings. The fraction of sp³-hybridized carbons (Fsp3) is 1.00. The van der Waals surface area contributed by atoms with Crippen LogP contribution in [0.2, 0.25) is 0 Å². The van der Waals surface area contributed by atoms with Crippen molar-refractivity contribution in [1.82, 2.24) is 4.44 Å². The molecule has 0 aliphatic heterocycles. The molecule has 0 amide bonds. The predicted molar refractivity (Wildman–Crippen MR) is 28.3 cm³/mol. The van der Waals surface area contributed by atoms with E-state index in [0.29, 0.717) is 0 Å². The quantitative estimate of drug-likeness (QED) is 0.484. The van der Waals surface area contributed by atoms with Crippen LogP contribution in [-0.4, -0.2) is 11.5 Å². The molecule has 0 aliphatic carbocycles. The Morgan fingerprint density at radius 3 is 1.40 bits per heavy atom. The van der Waals surface area contributed by atoms with Crippen molar-refractivity contribution in [2.45, 2.75) is 0 Å². The summed E-state index contributed by atoms with van der Waals surface area (Å²) in [6, 6.07) is 0. The summed E-state index contributed by atoms with van der Waals surface area (Å²) < 4.78 is 66.3. The van der Waals surface area contributed by atoms with Crippen LogP contribution >= 0.6 is 16.7 Å². The first-order valence-corrected chi connectivity index (χ1v) is 4.69. The molecule has 0 heterocycles. The van der Waals surface area contributed by atoms with Crippen molar-refractivity contribution < 1.29 is 25.2 Å². The molecule has 0 N–H and O–H groups in total. The molecule has 0 aliphatic rings. The van der Waals surface area contributed by atoms with Gasteiger partial charge in [-0.15, -0.1) is 0 Å². The average molecular weight is 205 g/mol. The zero-order valence-electron chi connectivity index (χ0n) is 4.61. The molecule has 0 unspecified atom stereocenters. The summed E-state index contributed by atoms with van der Waals surface area (Å²) >= 11 is 0. The minimum atomic E-state index is -8.17. The van der Waals surface area contributed by atoms with E-state index < -0.39 is 21.1 Å². The molecule has 0 aromatic carbocycles. The Balaban J connectivity index is 4.35. The zero-order valence-corrected chi connectivity index (χ0v) is 6.40. The van der Waals surface area contributed by atoms with Crippen molar-refractivity contribution in [2.75, 3.05) is 7.05 Å². The van der Waals surface area contributed by atoms with Crippen LogP contribution < -0.4 is 0 Å². The van der Waals surface area contributed by atoms with Gasteiger partial charge in [-0.2, -0.15) is 0 Å². The summed E-state index contributed by atoms with van der Waals surface area (Å²) in [4.78, 5) is 0. The van der Waals surface area contributed by atoms with Crippen molar-refractivity contribution in [1.29, 1.82) is 0 Å². The molecule has 0 bridgehead atoms. The maximum absolute atomic E-state index is 11.3. The van der Waals surface area contributed by atoms with Crippen molar-refractivity contribution in [3.05, 3.63) is 0 Å². The van der Waals surface area contributed by atoms with Crippen molar-refractivity contribution in [3.8, 4) is 0 Å². The Morgan fingerprint density at radius 2 is 1.40 bits per heavy atom. The summed E-state index contributed by atoms with van der Waals surface area (Å²) in [5.41, 5.74) is 0. The van der Waals surface area contributed by atoms with E-state index in [2.05, 4.69) is 0 Å². The number of hydrogen-bond donors (Lipinski definition) is 0. The molecule has 0 radical (unpaired) electrons. The molecule has 0 saturated carbocycles. The van der Waals surface area contributed by atoms with Gasteiger partial charge in [-0.3, -0.25) is 0 Å². The molecule has 0 saturated heterocycles. The molecule has 0 rings (SSSR count). The average Bonchev–Trinajstić information content (AvgIpc) is 1.59. The molecule has 0 aromatic heterocycles. The summed E-state index contributed by atoms with van der Waals surface area (Å²) in [6.45, 7) is 0. The fourth-order valence-corrected chi connectivity index (χ4v) is 0.920. The molecule has 1 nitrogen and oxygen atoms in total. The van der Waals surface area contributed by atoms with Crippen LogP contribution in [0.5, 0.6) is 0 Å². The monoisotopic (exact) mass is 205 g/mol. The first-order chi connectivity index (χ1) is 4.11. The first-order valence-electron chi connectivity index (χ1n) is 1.86. The van der Waals surface area contributed by atoms with Gasteiger partial charge in [0.05, 0.1) is 0 Å². The normalized spacial score (nSPS) is 17.5.